The first-order valence-corrected chi connectivity index (χ1v) is 28.4. The molecule has 0 rings (SSSR count). The molecule has 0 aromatic carbocycles. The van der Waals surface area contributed by atoms with Crippen LogP contribution in [0.2, 0.25) is 0 Å². The van der Waals surface area contributed by atoms with Crippen molar-refractivity contribution >= 4 is 17.3 Å². The summed E-state index contributed by atoms with van der Waals surface area (Å²) >= 11 is 0. The predicted molar refractivity (Wildman–Crippen MR) is 324 cm³/mol. The number of carbonyl (C=O) groups is 3. The van der Waals surface area contributed by atoms with Crippen LogP contribution in [0.1, 0.15) is 175 Å². The second kappa shape index (κ2) is 53.1. The van der Waals surface area contributed by atoms with Gasteiger partial charge in [0.25, 0.3) is 0 Å². The van der Waals surface area contributed by atoms with Crippen molar-refractivity contribution in [3.05, 3.63) is 219 Å². The first-order valence-electron chi connectivity index (χ1n) is 28.4. The van der Waals surface area contributed by atoms with Gasteiger partial charge in [0.15, 0.2) is 23.0 Å². The minimum Gasteiger partial charge on any atom is -0.393 e. The van der Waals surface area contributed by atoms with Gasteiger partial charge in [-0.25, -0.2) is 0 Å². The Morgan fingerprint density at radius 1 is 0.280 bits per heavy atom. The Morgan fingerprint density at radius 2 is 0.480 bits per heavy atom. The number of aliphatic hydroxyl groups excluding tert-OH is 1. The highest BCUT2D eigenvalue weighted by atomic mass is 16.4. The lowest BCUT2D eigenvalue weighted by molar-refractivity contribution is -0.187. The molecule has 1 atom stereocenters. The van der Waals surface area contributed by atoms with E-state index in [2.05, 4.69) is 39.0 Å². The summed E-state index contributed by atoms with van der Waals surface area (Å²) < 4.78 is 0. The Balaban J connectivity index is 5.71. The first-order chi connectivity index (χ1) is 36.8. The zero-order valence-electron chi connectivity index (χ0n) is 46.5. The molecule has 6 nitrogen and oxygen atoms in total. The number of rotatable bonds is 47. The van der Waals surface area contributed by atoms with E-state index in [1.165, 1.54) is 171 Å². The van der Waals surface area contributed by atoms with E-state index in [0.29, 0.717) is 0 Å². The minimum absolute atomic E-state index is 0.887. The number of hydrogen-bond donors (Lipinski definition) is 3. The lowest BCUT2D eigenvalue weighted by Gasteiger charge is -2.36. The summed E-state index contributed by atoms with van der Waals surface area (Å²) in [6, 6.07) is 0. The molecule has 0 aliphatic carbocycles. The van der Waals surface area contributed by atoms with E-state index in [9.17, 15) is 29.7 Å². The van der Waals surface area contributed by atoms with Crippen molar-refractivity contribution in [1.29, 1.82) is 0 Å². The molecular weight excluding hydrogens is 925 g/mol. The van der Waals surface area contributed by atoms with Crippen molar-refractivity contribution in [2.24, 2.45) is 0 Å². The number of hydrogen-bond acceptors (Lipinski definition) is 6. The molecule has 1 unspecified atom stereocenters. The molecule has 0 aromatic heterocycles. The topological polar surface area (TPSA) is 112 Å². The van der Waals surface area contributed by atoms with Crippen LogP contribution in [-0.4, -0.2) is 50.5 Å². The first kappa shape index (κ1) is 69.2. The molecule has 410 valence electrons. The van der Waals surface area contributed by atoms with Crippen LogP contribution in [0.3, 0.4) is 0 Å². The molecule has 0 spiro atoms. The number of allylic oxidation sites excluding steroid dienone is 33. The fourth-order valence-electron chi connectivity index (χ4n) is 7.43. The van der Waals surface area contributed by atoms with Crippen LogP contribution in [-0.2, 0) is 14.4 Å². The maximum absolute atomic E-state index is 13.7. The van der Waals surface area contributed by atoms with Gasteiger partial charge in [0.1, 0.15) is 0 Å². The van der Waals surface area contributed by atoms with Gasteiger partial charge in [-0.15, -0.1) is 0 Å². The summed E-state index contributed by atoms with van der Waals surface area (Å²) in [5, 5.41) is 33.7. The lowest BCUT2D eigenvalue weighted by atomic mass is 9.73. The minimum atomic E-state index is -3.36. The Morgan fingerprint density at radius 3 is 0.720 bits per heavy atom. The third-order valence-corrected chi connectivity index (χ3v) is 12.0. The van der Waals surface area contributed by atoms with Crippen molar-refractivity contribution in [2.75, 3.05) is 6.61 Å². The lowest BCUT2D eigenvalue weighted by Crippen LogP contribution is -2.68. The molecule has 3 N–H and O–H groups in total. The van der Waals surface area contributed by atoms with Gasteiger partial charge < -0.3 is 15.3 Å². The second-order valence-corrected chi connectivity index (χ2v) is 18.5. The van der Waals surface area contributed by atoms with E-state index in [1.54, 1.807) is 54.7 Å². The maximum atomic E-state index is 13.7. The van der Waals surface area contributed by atoms with Crippen LogP contribution in [0.5, 0.6) is 0 Å². The molecule has 0 aliphatic rings. The van der Waals surface area contributed by atoms with Gasteiger partial charge in [-0.2, -0.15) is 0 Å². The summed E-state index contributed by atoms with van der Waals surface area (Å²) in [4.78, 5) is 40.8. The zero-order chi connectivity index (χ0) is 54.9. The number of ketones is 3. The molecular formula is C69H98O6. The highest BCUT2D eigenvalue weighted by molar-refractivity contribution is 6.23. The monoisotopic (exact) mass is 1020 g/mol. The molecule has 6 heteroatoms. The Labute approximate surface area is 456 Å². The van der Waals surface area contributed by atoms with Gasteiger partial charge in [-0.05, 0) is 56.8 Å². The average Bonchev–Trinajstić information content (AvgIpc) is 3.41. The van der Waals surface area contributed by atoms with E-state index in [-0.39, 0.29) is 0 Å². The predicted octanol–water partition coefficient (Wildman–Crippen LogP) is 17.6. The van der Waals surface area contributed by atoms with Gasteiger partial charge in [-0.1, -0.05) is 337 Å². The van der Waals surface area contributed by atoms with Crippen molar-refractivity contribution in [3.8, 4) is 0 Å². The zero-order valence-corrected chi connectivity index (χ0v) is 46.5. The van der Waals surface area contributed by atoms with Gasteiger partial charge in [-0.3, -0.25) is 14.4 Å². The van der Waals surface area contributed by atoms with Crippen LogP contribution in [0.4, 0.5) is 0 Å². The molecule has 0 saturated carbocycles. The van der Waals surface area contributed by atoms with Crippen molar-refractivity contribution < 1.29 is 29.7 Å². The van der Waals surface area contributed by atoms with Gasteiger partial charge in [0, 0.05) is 0 Å². The van der Waals surface area contributed by atoms with Crippen LogP contribution in [0.25, 0.3) is 0 Å². The molecule has 0 amide bonds. The van der Waals surface area contributed by atoms with Crippen LogP contribution in [0.15, 0.2) is 219 Å². The van der Waals surface area contributed by atoms with E-state index >= 15 is 0 Å². The number of unbranched alkanes of at least 4 members (excludes halogenated alkanes) is 21. The fourth-order valence-corrected chi connectivity index (χ4v) is 7.43. The highest BCUT2D eigenvalue weighted by Gasteiger charge is 2.61. The Bertz CT molecular complexity index is 1940. The third kappa shape index (κ3) is 39.3. The molecule has 75 heavy (non-hydrogen) atoms. The molecule has 0 aliphatic heterocycles. The molecule has 0 aromatic rings. The van der Waals surface area contributed by atoms with Crippen LogP contribution < -0.4 is 0 Å². The summed E-state index contributed by atoms with van der Waals surface area (Å²) in [6.07, 6.45) is 92.6. The van der Waals surface area contributed by atoms with E-state index in [0.717, 1.165) is 37.5 Å². The van der Waals surface area contributed by atoms with Gasteiger partial charge in [0.05, 0.1) is 6.61 Å². The average molecular weight is 1020 g/mol. The molecule has 0 saturated heterocycles. The van der Waals surface area contributed by atoms with Crippen molar-refractivity contribution in [1.82, 2.24) is 0 Å². The van der Waals surface area contributed by atoms with E-state index in [1.807, 2.05) is 91.1 Å². The second-order valence-electron chi connectivity index (χ2n) is 18.5. The molecule has 0 bridgehead atoms. The number of carbonyl (C=O) groups excluding carboxylic acids is 3. The third-order valence-electron chi connectivity index (χ3n) is 12.0. The summed E-state index contributed by atoms with van der Waals surface area (Å²) in [5.41, 5.74) is -6.56. The molecule has 0 radical (unpaired) electrons. The summed E-state index contributed by atoms with van der Waals surface area (Å²) in [6.45, 7) is 5.30. The van der Waals surface area contributed by atoms with Crippen LogP contribution >= 0.6 is 0 Å². The standard InChI is InChI=1S/C69H98O6/c1-4-7-10-13-16-19-22-25-28-31-34-37-40-43-46-49-52-55-58-61-65(71)68(74,64-70)69(75,66(72)62-59-56-53-50-47-44-41-38-35-32-29-26-23-20-17-14-11-8-5-2)67(73)63-60-57-54-51-48-45-42-39-36-33-30-27-24-21-18-15-12-9-6-3/h28-63,70,74-75H,4-27,64H2,1-3H3. The fraction of sp³-hybridized carbons (Fsp3) is 0.435. The normalized spacial score (nSPS) is 15.3. The van der Waals surface area contributed by atoms with Gasteiger partial charge >= 0.3 is 0 Å². The number of aliphatic hydroxyl groups is 3. The largest absolute Gasteiger partial charge is 0.393 e. The van der Waals surface area contributed by atoms with Crippen molar-refractivity contribution in [3.63, 3.8) is 0 Å². The Kier molecular flexibility index (Phi) is 49.0. The SMILES string of the molecule is CCCCCCCCCC=CC=CC=CC=CC=CC=CC(=O)C(O)(CO)C(O)(C(=O)C=CC=CC=CC=CC=CC=CCCCCCCCCC)C(=O)C=CC=CC=CC=CC=CC=CCCCCCCCCC. The molecule has 0 heterocycles. The Hall–Kier alpha value is -5.79. The van der Waals surface area contributed by atoms with Gasteiger partial charge in [0.2, 0.25) is 5.60 Å². The maximum Gasteiger partial charge on any atom is 0.228 e. The molecule has 0 fully saturated rings. The van der Waals surface area contributed by atoms with Crippen LogP contribution in [0, 0.1) is 0 Å². The summed E-state index contributed by atoms with van der Waals surface area (Å²) in [5.74, 6) is -3.81. The van der Waals surface area contributed by atoms with Crippen molar-refractivity contribution in [2.45, 2.75) is 186 Å². The summed E-state index contributed by atoms with van der Waals surface area (Å²) in [7, 11) is 0. The highest BCUT2D eigenvalue weighted by Crippen LogP contribution is 2.28. The quantitative estimate of drug-likeness (QED) is 0.0242. The smallest absolute Gasteiger partial charge is 0.228 e. The van der Waals surface area contributed by atoms with E-state index in [4.69, 9.17) is 0 Å². The van der Waals surface area contributed by atoms with E-state index < -0.39 is 35.2 Å².